The fourth-order valence-corrected chi connectivity index (χ4v) is 2.44. The SMILES string of the molecule is OCCNc1nc2ccccc2n1Cc1ccc(Cl)cc1. The second kappa shape index (κ2) is 6.16. The molecule has 2 aromatic carbocycles. The molecule has 0 bridgehead atoms. The van der Waals surface area contributed by atoms with Gasteiger partial charge < -0.3 is 15.0 Å². The predicted octanol–water partition coefficient (Wildman–Crippen LogP) is 3.14. The number of halogens is 1. The Hall–Kier alpha value is -2.04. The van der Waals surface area contributed by atoms with Crippen molar-refractivity contribution in [3.63, 3.8) is 0 Å². The lowest BCUT2D eigenvalue weighted by Crippen LogP contribution is -2.12. The van der Waals surface area contributed by atoms with E-state index >= 15 is 0 Å². The maximum atomic E-state index is 9.00. The van der Waals surface area contributed by atoms with Gasteiger partial charge in [-0.15, -0.1) is 0 Å². The molecule has 0 saturated heterocycles. The molecule has 0 radical (unpaired) electrons. The molecule has 1 aromatic heterocycles. The molecule has 3 rings (SSSR count). The first-order valence-corrected chi connectivity index (χ1v) is 7.20. The molecule has 3 aromatic rings. The van der Waals surface area contributed by atoms with Gasteiger partial charge >= 0.3 is 0 Å². The van der Waals surface area contributed by atoms with Crippen molar-refractivity contribution in [3.05, 3.63) is 59.1 Å². The van der Waals surface area contributed by atoms with E-state index in [1.165, 1.54) is 0 Å². The summed E-state index contributed by atoms with van der Waals surface area (Å²) in [5.74, 6) is 0.764. The van der Waals surface area contributed by atoms with Crippen LogP contribution in [-0.2, 0) is 6.54 Å². The summed E-state index contributed by atoms with van der Waals surface area (Å²) in [6, 6.07) is 15.8. The maximum Gasteiger partial charge on any atom is 0.204 e. The number of benzene rings is 2. The Morgan fingerprint density at radius 1 is 1.10 bits per heavy atom. The number of aliphatic hydroxyl groups excluding tert-OH is 1. The average molecular weight is 302 g/mol. The predicted molar refractivity (Wildman–Crippen MR) is 85.9 cm³/mol. The molecule has 0 fully saturated rings. The van der Waals surface area contributed by atoms with Crippen LogP contribution >= 0.6 is 11.6 Å². The Kier molecular flexibility index (Phi) is 4.08. The van der Waals surface area contributed by atoms with Gasteiger partial charge in [-0.3, -0.25) is 0 Å². The van der Waals surface area contributed by atoms with Crippen molar-refractivity contribution in [2.24, 2.45) is 0 Å². The molecule has 0 aliphatic heterocycles. The van der Waals surface area contributed by atoms with Gasteiger partial charge in [0.2, 0.25) is 5.95 Å². The molecule has 2 N–H and O–H groups in total. The molecule has 108 valence electrons. The Balaban J connectivity index is 1.99. The molecule has 0 saturated carbocycles. The van der Waals surface area contributed by atoms with Crippen LogP contribution in [0.5, 0.6) is 0 Å². The van der Waals surface area contributed by atoms with Crippen LogP contribution in [0.25, 0.3) is 11.0 Å². The van der Waals surface area contributed by atoms with Gasteiger partial charge in [0.05, 0.1) is 24.2 Å². The summed E-state index contributed by atoms with van der Waals surface area (Å²) >= 11 is 5.93. The quantitative estimate of drug-likeness (QED) is 0.761. The molecule has 0 aliphatic rings. The number of anilines is 1. The molecule has 0 unspecified atom stereocenters. The molecule has 21 heavy (non-hydrogen) atoms. The van der Waals surface area contributed by atoms with Crippen LogP contribution in [0.3, 0.4) is 0 Å². The smallest absolute Gasteiger partial charge is 0.204 e. The molecule has 0 atom stereocenters. The fraction of sp³-hybridized carbons (Fsp3) is 0.188. The molecule has 0 spiro atoms. The van der Waals surface area contributed by atoms with E-state index in [1.54, 1.807) is 0 Å². The van der Waals surface area contributed by atoms with Gasteiger partial charge in [-0.2, -0.15) is 0 Å². The number of para-hydroxylation sites is 2. The standard InChI is InChI=1S/C16H16ClN3O/c17-13-7-5-12(6-8-13)11-20-15-4-2-1-3-14(15)19-16(20)18-9-10-21/h1-8,21H,9-11H2,(H,18,19). The van der Waals surface area contributed by atoms with Crippen molar-refractivity contribution in [1.82, 2.24) is 9.55 Å². The number of fused-ring (bicyclic) bond motifs is 1. The van der Waals surface area contributed by atoms with Gasteiger partial charge in [0.25, 0.3) is 0 Å². The molecular formula is C16H16ClN3O. The highest BCUT2D eigenvalue weighted by Crippen LogP contribution is 2.21. The number of aromatic nitrogens is 2. The third-order valence-electron chi connectivity index (χ3n) is 3.30. The van der Waals surface area contributed by atoms with Crippen LogP contribution in [0.4, 0.5) is 5.95 Å². The van der Waals surface area contributed by atoms with Crippen molar-refractivity contribution in [2.45, 2.75) is 6.54 Å². The Labute approximate surface area is 128 Å². The summed E-state index contributed by atoms with van der Waals surface area (Å²) in [5, 5.41) is 12.9. The van der Waals surface area contributed by atoms with Crippen LogP contribution in [0.15, 0.2) is 48.5 Å². The summed E-state index contributed by atoms with van der Waals surface area (Å²) < 4.78 is 2.11. The molecular weight excluding hydrogens is 286 g/mol. The van der Waals surface area contributed by atoms with E-state index in [1.807, 2.05) is 48.5 Å². The van der Waals surface area contributed by atoms with E-state index in [4.69, 9.17) is 16.7 Å². The van der Waals surface area contributed by atoms with E-state index < -0.39 is 0 Å². The lowest BCUT2D eigenvalue weighted by atomic mass is 10.2. The van der Waals surface area contributed by atoms with E-state index in [0.29, 0.717) is 13.1 Å². The summed E-state index contributed by atoms with van der Waals surface area (Å²) in [4.78, 5) is 4.58. The average Bonchev–Trinajstić information content (AvgIpc) is 2.85. The Morgan fingerprint density at radius 3 is 2.62 bits per heavy atom. The minimum Gasteiger partial charge on any atom is -0.395 e. The van der Waals surface area contributed by atoms with Crippen LogP contribution in [0, 0.1) is 0 Å². The Bertz CT molecular complexity index is 737. The minimum absolute atomic E-state index is 0.0736. The number of hydrogen-bond donors (Lipinski definition) is 2. The third kappa shape index (κ3) is 3.01. The van der Waals surface area contributed by atoms with E-state index in [9.17, 15) is 0 Å². The zero-order chi connectivity index (χ0) is 14.7. The van der Waals surface area contributed by atoms with E-state index in [-0.39, 0.29) is 6.61 Å². The summed E-state index contributed by atoms with van der Waals surface area (Å²) in [5.41, 5.74) is 3.15. The van der Waals surface area contributed by atoms with Gasteiger partial charge in [-0.1, -0.05) is 35.9 Å². The number of nitrogens with one attached hydrogen (secondary N) is 1. The number of rotatable bonds is 5. The van der Waals surface area contributed by atoms with Crippen molar-refractivity contribution >= 4 is 28.6 Å². The lowest BCUT2D eigenvalue weighted by Gasteiger charge is -2.10. The highest BCUT2D eigenvalue weighted by molar-refractivity contribution is 6.30. The zero-order valence-electron chi connectivity index (χ0n) is 11.5. The van der Waals surface area contributed by atoms with Gasteiger partial charge in [0.1, 0.15) is 0 Å². The monoisotopic (exact) mass is 301 g/mol. The zero-order valence-corrected chi connectivity index (χ0v) is 12.2. The normalized spacial score (nSPS) is 11.0. The summed E-state index contributed by atoms with van der Waals surface area (Å²) in [6.45, 7) is 1.25. The molecule has 5 heteroatoms. The molecule has 0 aliphatic carbocycles. The second-order valence-electron chi connectivity index (χ2n) is 4.79. The van der Waals surface area contributed by atoms with Crippen LogP contribution < -0.4 is 5.32 Å². The molecule has 0 amide bonds. The number of aliphatic hydroxyl groups is 1. The molecule has 1 heterocycles. The summed E-state index contributed by atoms with van der Waals surface area (Å²) in [6.07, 6.45) is 0. The van der Waals surface area contributed by atoms with Crippen molar-refractivity contribution < 1.29 is 5.11 Å². The first-order valence-electron chi connectivity index (χ1n) is 6.82. The minimum atomic E-state index is 0.0736. The van der Waals surface area contributed by atoms with Crippen LogP contribution in [0.2, 0.25) is 5.02 Å². The highest BCUT2D eigenvalue weighted by Gasteiger charge is 2.10. The first-order chi connectivity index (χ1) is 10.3. The molecule has 4 nitrogen and oxygen atoms in total. The van der Waals surface area contributed by atoms with Crippen molar-refractivity contribution in [3.8, 4) is 0 Å². The van der Waals surface area contributed by atoms with Crippen LogP contribution in [0.1, 0.15) is 5.56 Å². The highest BCUT2D eigenvalue weighted by atomic mass is 35.5. The largest absolute Gasteiger partial charge is 0.395 e. The van der Waals surface area contributed by atoms with Gasteiger partial charge in [0, 0.05) is 11.6 Å². The maximum absolute atomic E-state index is 9.00. The van der Waals surface area contributed by atoms with Gasteiger partial charge in [-0.25, -0.2) is 4.98 Å². The van der Waals surface area contributed by atoms with Gasteiger partial charge in [0.15, 0.2) is 0 Å². The lowest BCUT2D eigenvalue weighted by molar-refractivity contribution is 0.310. The number of hydrogen-bond acceptors (Lipinski definition) is 3. The van der Waals surface area contributed by atoms with E-state index in [2.05, 4.69) is 14.9 Å². The van der Waals surface area contributed by atoms with Crippen molar-refractivity contribution in [2.75, 3.05) is 18.5 Å². The van der Waals surface area contributed by atoms with Crippen molar-refractivity contribution in [1.29, 1.82) is 0 Å². The van der Waals surface area contributed by atoms with E-state index in [0.717, 1.165) is 27.6 Å². The van der Waals surface area contributed by atoms with Gasteiger partial charge in [-0.05, 0) is 29.8 Å². The van der Waals surface area contributed by atoms with Crippen LogP contribution in [-0.4, -0.2) is 27.8 Å². The first kappa shape index (κ1) is 13.9. The number of imidazole rings is 1. The number of nitrogens with zero attached hydrogens (tertiary/aromatic N) is 2. The second-order valence-corrected chi connectivity index (χ2v) is 5.22. The third-order valence-corrected chi connectivity index (χ3v) is 3.56. The fourth-order valence-electron chi connectivity index (χ4n) is 2.31. The summed E-state index contributed by atoms with van der Waals surface area (Å²) in [7, 11) is 0. The Morgan fingerprint density at radius 2 is 1.86 bits per heavy atom. The topological polar surface area (TPSA) is 50.1 Å².